The summed E-state index contributed by atoms with van der Waals surface area (Å²) in [7, 11) is 0. The predicted molar refractivity (Wildman–Crippen MR) is 89.6 cm³/mol. The van der Waals surface area contributed by atoms with Gasteiger partial charge in [-0.05, 0) is 43.3 Å². The topological polar surface area (TPSA) is 76.0 Å². The van der Waals surface area contributed by atoms with E-state index in [9.17, 15) is 22.8 Å². The van der Waals surface area contributed by atoms with Crippen LogP contribution < -0.4 is 10.6 Å². The average Bonchev–Trinajstić information content (AvgIpc) is 2.96. The van der Waals surface area contributed by atoms with Crippen LogP contribution in [0.2, 0.25) is 0 Å². The average molecular weight is 366 g/mol. The maximum absolute atomic E-state index is 12.6. The number of carbonyl (C=O) groups is 2. The van der Waals surface area contributed by atoms with Crippen molar-refractivity contribution in [3.05, 3.63) is 59.9 Å². The van der Waals surface area contributed by atoms with Crippen LogP contribution in [0.25, 0.3) is 0 Å². The number of carbonyl (C=O) groups excluding carboxylic acids is 2. The third-order valence-corrected chi connectivity index (χ3v) is 3.48. The molecule has 2 rings (SSSR count). The normalized spacial score (nSPS) is 11.1. The van der Waals surface area contributed by atoms with E-state index in [0.717, 1.165) is 12.1 Å². The van der Waals surface area contributed by atoms with Crippen LogP contribution >= 0.6 is 0 Å². The van der Waals surface area contributed by atoms with Crippen molar-refractivity contribution in [2.45, 2.75) is 19.6 Å². The number of anilines is 1. The number of alkyl halides is 3. The van der Waals surface area contributed by atoms with Gasteiger partial charge in [-0.15, -0.1) is 0 Å². The summed E-state index contributed by atoms with van der Waals surface area (Å²) in [6.45, 7) is 5.08. The molecule has 0 atom stereocenters. The first-order chi connectivity index (χ1) is 12.2. The fraction of sp³-hybridized carbons (Fsp3) is 0.235. The Hall–Kier alpha value is -3.10. The summed E-state index contributed by atoms with van der Waals surface area (Å²) in [5.41, 5.74) is 0.264. The van der Waals surface area contributed by atoms with E-state index in [1.54, 1.807) is 12.1 Å². The summed E-state index contributed by atoms with van der Waals surface area (Å²) in [4.78, 5) is 23.2. The van der Waals surface area contributed by atoms with Crippen LogP contribution in [0.3, 0.4) is 0 Å². The fourth-order valence-electron chi connectivity index (χ4n) is 2.15. The Kier molecular flexibility index (Phi) is 5.81. The minimum absolute atomic E-state index is 0.112. The number of amides is 2. The molecule has 138 valence electrons. The van der Waals surface area contributed by atoms with Crippen molar-refractivity contribution in [3.63, 3.8) is 0 Å². The number of aromatic nitrogens is 2. The van der Waals surface area contributed by atoms with Gasteiger partial charge in [-0.1, -0.05) is 6.58 Å². The van der Waals surface area contributed by atoms with Gasteiger partial charge in [0.15, 0.2) is 5.69 Å². The van der Waals surface area contributed by atoms with Crippen LogP contribution in [-0.2, 0) is 17.5 Å². The third kappa shape index (κ3) is 4.95. The van der Waals surface area contributed by atoms with Gasteiger partial charge in [0, 0.05) is 23.5 Å². The summed E-state index contributed by atoms with van der Waals surface area (Å²) in [6.07, 6.45) is -3.37. The quantitative estimate of drug-likeness (QED) is 0.772. The molecule has 1 heterocycles. The zero-order chi connectivity index (χ0) is 19.3. The van der Waals surface area contributed by atoms with E-state index in [4.69, 9.17) is 0 Å². The second-order valence-corrected chi connectivity index (χ2v) is 5.42. The smallest absolute Gasteiger partial charge is 0.350 e. The summed E-state index contributed by atoms with van der Waals surface area (Å²) in [6, 6.07) is 7.12. The second-order valence-electron chi connectivity index (χ2n) is 5.42. The van der Waals surface area contributed by atoms with E-state index in [1.807, 2.05) is 0 Å². The van der Waals surface area contributed by atoms with Gasteiger partial charge in [0.25, 0.3) is 5.91 Å². The number of nitrogens with one attached hydrogen (secondary N) is 2. The number of hydrogen-bond acceptors (Lipinski definition) is 3. The van der Waals surface area contributed by atoms with E-state index >= 15 is 0 Å². The minimum atomic E-state index is -4.50. The number of nitrogens with zero attached hydrogens (tertiary/aromatic N) is 2. The molecule has 26 heavy (non-hydrogen) atoms. The van der Waals surface area contributed by atoms with Crippen molar-refractivity contribution in [2.75, 3.05) is 11.9 Å². The minimum Gasteiger partial charge on any atom is -0.350 e. The molecule has 2 amide bonds. The molecule has 0 fully saturated rings. The second kappa shape index (κ2) is 7.85. The first-order valence-electron chi connectivity index (χ1n) is 7.64. The molecule has 0 aliphatic heterocycles. The van der Waals surface area contributed by atoms with Crippen LogP contribution in [0, 0.1) is 6.92 Å². The van der Waals surface area contributed by atoms with Crippen molar-refractivity contribution >= 4 is 17.5 Å². The van der Waals surface area contributed by atoms with E-state index in [1.165, 1.54) is 23.7 Å². The maximum Gasteiger partial charge on any atom is 0.435 e. The van der Waals surface area contributed by atoms with E-state index in [2.05, 4.69) is 22.3 Å². The van der Waals surface area contributed by atoms with Gasteiger partial charge in [-0.3, -0.25) is 14.3 Å². The van der Waals surface area contributed by atoms with Gasteiger partial charge in [0.1, 0.15) is 0 Å². The van der Waals surface area contributed by atoms with Crippen molar-refractivity contribution in [2.24, 2.45) is 0 Å². The summed E-state index contributed by atoms with van der Waals surface area (Å²) >= 11 is 0. The number of aryl methyl sites for hydroxylation is 1. The van der Waals surface area contributed by atoms with E-state index in [0.29, 0.717) is 16.9 Å². The lowest BCUT2D eigenvalue weighted by atomic mass is 10.2. The van der Waals surface area contributed by atoms with Gasteiger partial charge in [-0.2, -0.15) is 18.3 Å². The zero-order valence-electron chi connectivity index (χ0n) is 13.9. The molecule has 0 saturated carbocycles. The Morgan fingerprint density at radius 1 is 1.27 bits per heavy atom. The molecule has 0 aliphatic rings. The lowest BCUT2D eigenvalue weighted by Gasteiger charge is -2.08. The third-order valence-electron chi connectivity index (χ3n) is 3.48. The molecule has 0 saturated heterocycles. The van der Waals surface area contributed by atoms with Crippen LogP contribution in [-0.4, -0.2) is 28.1 Å². The predicted octanol–water partition coefficient (Wildman–Crippen LogP) is 2.76. The van der Waals surface area contributed by atoms with Crippen molar-refractivity contribution in [3.8, 4) is 0 Å². The van der Waals surface area contributed by atoms with Crippen LogP contribution in [0.5, 0.6) is 0 Å². The molecular weight excluding hydrogens is 349 g/mol. The van der Waals surface area contributed by atoms with E-state index < -0.39 is 11.9 Å². The molecule has 1 aromatic heterocycles. The first kappa shape index (κ1) is 19.2. The lowest BCUT2D eigenvalue weighted by Crippen LogP contribution is -2.27. The highest BCUT2D eigenvalue weighted by molar-refractivity contribution is 5.99. The first-order valence-corrected chi connectivity index (χ1v) is 7.64. The monoisotopic (exact) mass is 366 g/mol. The Morgan fingerprint density at radius 2 is 1.92 bits per heavy atom. The van der Waals surface area contributed by atoms with Crippen LogP contribution in [0.15, 0.2) is 43.0 Å². The van der Waals surface area contributed by atoms with Gasteiger partial charge in [0.05, 0.1) is 6.54 Å². The zero-order valence-corrected chi connectivity index (χ0v) is 13.9. The molecule has 2 N–H and O–H groups in total. The van der Waals surface area contributed by atoms with Crippen molar-refractivity contribution in [1.82, 2.24) is 15.1 Å². The molecule has 0 bridgehead atoms. The SMILES string of the molecule is C=CC(=O)Nc1ccc(C(=O)NCCn2nc(C(F)(F)F)cc2C)cc1. The standard InChI is InChI=1S/C17H17F3N4O2/c1-3-15(25)22-13-6-4-12(5-7-13)16(26)21-8-9-24-11(2)10-14(23-24)17(18,19)20/h3-7,10H,1,8-9H2,2H3,(H,21,26)(H,22,25). The molecule has 0 aliphatic carbocycles. The Labute approximate surface area is 147 Å². The largest absolute Gasteiger partial charge is 0.435 e. The van der Waals surface area contributed by atoms with Gasteiger partial charge >= 0.3 is 6.18 Å². The highest BCUT2D eigenvalue weighted by atomic mass is 19.4. The van der Waals surface area contributed by atoms with Crippen LogP contribution in [0.4, 0.5) is 18.9 Å². The molecule has 0 radical (unpaired) electrons. The van der Waals surface area contributed by atoms with Crippen molar-refractivity contribution in [1.29, 1.82) is 0 Å². The maximum atomic E-state index is 12.6. The Bertz CT molecular complexity index is 810. The molecular formula is C17H17F3N4O2. The summed E-state index contributed by atoms with van der Waals surface area (Å²) in [5, 5.41) is 8.65. The number of hydrogen-bond donors (Lipinski definition) is 2. The fourth-order valence-corrected chi connectivity index (χ4v) is 2.15. The lowest BCUT2D eigenvalue weighted by molar-refractivity contribution is -0.141. The Morgan fingerprint density at radius 3 is 2.46 bits per heavy atom. The highest BCUT2D eigenvalue weighted by Gasteiger charge is 2.34. The Balaban J connectivity index is 1.90. The molecule has 1 aromatic carbocycles. The number of benzene rings is 1. The molecule has 6 nitrogen and oxygen atoms in total. The van der Waals surface area contributed by atoms with Crippen LogP contribution in [0.1, 0.15) is 21.7 Å². The number of halogens is 3. The summed E-state index contributed by atoms with van der Waals surface area (Å²) in [5.74, 6) is -0.748. The number of rotatable bonds is 6. The molecule has 0 unspecified atom stereocenters. The van der Waals surface area contributed by atoms with Gasteiger partial charge < -0.3 is 10.6 Å². The highest BCUT2D eigenvalue weighted by Crippen LogP contribution is 2.28. The van der Waals surface area contributed by atoms with Crippen molar-refractivity contribution < 1.29 is 22.8 Å². The van der Waals surface area contributed by atoms with E-state index in [-0.39, 0.29) is 24.9 Å². The molecule has 0 spiro atoms. The molecule has 9 heteroatoms. The molecule has 2 aromatic rings. The van der Waals surface area contributed by atoms with Gasteiger partial charge in [-0.25, -0.2) is 0 Å². The van der Waals surface area contributed by atoms with Gasteiger partial charge in [0.2, 0.25) is 5.91 Å². The summed E-state index contributed by atoms with van der Waals surface area (Å²) < 4.78 is 39.0.